The van der Waals surface area contributed by atoms with Crippen LogP contribution in [0.15, 0.2) is 42.5 Å². The Morgan fingerprint density at radius 3 is 2.33 bits per heavy atom. The Morgan fingerprint density at radius 1 is 1.10 bits per heavy atom. The van der Waals surface area contributed by atoms with Crippen molar-refractivity contribution in [2.24, 2.45) is 0 Å². The Bertz CT molecular complexity index is 639. The Balaban J connectivity index is 2.33. The number of benzene rings is 2. The third-order valence-corrected chi connectivity index (χ3v) is 3.06. The number of aliphatic hydroxyl groups is 1. The van der Waals surface area contributed by atoms with E-state index in [0.29, 0.717) is 16.9 Å². The third kappa shape index (κ3) is 3.46. The molecule has 0 heterocycles. The largest absolute Gasteiger partial charge is 0.416 e. The van der Waals surface area contributed by atoms with Gasteiger partial charge in [-0.05, 0) is 31.2 Å². The van der Waals surface area contributed by atoms with Gasteiger partial charge in [0.15, 0.2) is 0 Å². The van der Waals surface area contributed by atoms with Gasteiger partial charge in [0.2, 0.25) is 0 Å². The molecule has 0 aromatic heterocycles. The third-order valence-electron chi connectivity index (χ3n) is 3.06. The van der Waals surface area contributed by atoms with Gasteiger partial charge in [-0.1, -0.05) is 18.2 Å². The lowest BCUT2D eigenvalue weighted by Gasteiger charge is -2.16. The second kappa shape index (κ2) is 5.65. The van der Waals surface area contributed by atoms with Crippen LogP contribution in [0.2, 0.25) is 0 Å². The number of aliphatic hydroxyl groups excluding tert-OH is 1. The van der Waals surface area contributed by atoms with Gasteiger partial charge in [0, 0.05) is 11.3 Å². The van der Waals surface area contributed by atoms with Crippen molar-refractivity contribution < 1.29 is 18.3 Å². The van der Waals surface area contributed by atoms with Crippen molar-refractivity contribution in [3.8, 4) is 0 Å². The number of para-hydroxylation sites is 1. The number of nitrogen functional groups attached to an aromatic ring is 1. The number of hydrogen-bond acceptors (Lipinski definition) is 3. The molecule has 3 nitrogen and oxygen atoms in total. The maximum Gasteiger partial charge on any atom is 0.416 e. The zero-order valence-electron chi connectivity index (χ0n) is 11.3. The molecule has 1 unspecified atom stereocenters. The normalized spacial score (nSPS) is 13.0. The monoisotopic (exact) mass is 296 g/mol. The lowest BCUT2D eigenvalue weighted by atomic mass is 10.1. The molecule has 2 aromatic carbocycles. The van der Waals surface area contributed by atoms with Crippen molar-refractivity contribution in [1.82, 2.24) is 0 Å². The lowest BCUT2D eigenvalue weighted by molar-refractivity contribution is -0.137. The maximum absolute atomic E-state index is 12.6. The Kier molecular flexibility index (Phi) is 4.09. The number of rotatable bonds is 3. The van der Waals surface area contributed by atoms with Crippen LogP contribution in [0.5, 0.6) is 0 Å². The first-order chi connectivity index (χ1) is 9.79. The highest BCUT2D eigenvalue weighted by atomic mass is 19.4. The summed E-state index contributed by atoms with van der Waals surface area (Å²) in [4.78, 5) is 0. The molecule has 0 fully saturated rings. The van der Waals surface area contributed by atoms with Crippen LogP contribution in [-0.2, 0) is 6.18 Å². The summed E-state index contributed by atoms with van der Waals surface area (Å²) in [7, 11) is 0. The molecule has 21 heavy (non-hydrogen) atoms. The molecule has 112 valence electrons. The van der Waals surface area contributed by atoms with Crippen molar-refractivity contribution in [2.45, 2.75) is 19.2 Å². The molecule has 2 aromatic rings. The summed E-state index contributed by atoms with van der Waals surface area (Å²) < 4.78 is 37.8. The van der Waals surface area contributed by atoms with Crippen molar-refractivity contribution in [3.05, 3.63) is 53.6 Å². The van der Waals surface area contributed by atoms with E-state index in [-0.39, 0.29) is 5.69 Å². The maximum atomic E-state index is 12.6. The van der Waals surface area contributed by atoms with Gasteiger partial charge in [0.25, 0.3) is 0 Å². The van der Waals surface area contributed by atoms with Gasteiger partial charge in [-0.15, -0.1) is 0 Å². The van der Waals surface area contributed by atoms with E-state index in [0.717, 1.165) is 12.1 Å². The molecule has 4 N–H and O–H groups in total. The smallest absolute Gasteiger partial charge is 0.397 e. The van der Waals surface area contributed by atoms with E-state index in [9.17, 15) is 18.3 Å². The molecule has 1 atom stereocenters. The lowest BCUT2D eigenvalue weighted by Crippen LogP contribution is -2.07. The highest BCUT2D eigenvalue weighted by Crippen LogP contribution is 2.34. The van der Waals surface area contributed by atoms with Crippen LogP contribution >= 0.6 is 0 Å². The minimum absolute atomic E-state index is 0.00905. The number of alkyl halides is 3. The second-order valence-electron chi connectivity index (χ2n) is 4.69. The summed E-state index contributed by atoms with van der Waals surface area (Å²) in [5.74, 6) is 0. The zero-order valence-corrected chi connectivity index (χ0v) is 11.3. The average molecular weight is 296 g/mol. The minimum atomic E-state index is -4.43. The zero-order chi connectivity index (χ0) is 15.6. The summed E-state index contributed by atoms with van der Waals surface area (Å²) in [6.07, 6.45) is -5.13. The van der Waals surface area contributed by atoms with Gasteiger partial charge in [0.1, 0.15) is 0 Å². The quantitative estimate of drug-likeness (QED) is 0.748. The summed E-state index contributed by atoms with van der Waals surface area (Å²) >= 11 is 0. The first-order valence-corrected chi connectivity index (χ1v) is 6.30. The number of nitrogens with one attached hydrogen (secondary N) is 1. The standard InChI is InChI=1S/C15H15F3N2O/c1-9(21)11-4-2-3-5-13(11)20-14-7-6-10(8-12(14)19)15(16,17)18/h2-9,20-21H,19H2,1H3. The summed E-state index contributed by atoms with van der Waals surface area (Å²) in [6.45, 7) is 1.61. The van der Waals surface area contributed by atoms with Crippen LogP contribution in [0.25, 0.3) is 0 Å². The van der Waals surface area contributed by atoms with Gasteiger partial charge in [-0.3, -0.25) is 0 Å². The molecule has 2 rings (SSSR count). The molecule has 0 bridgehead atoms. The molecule has 0 saturated heterocycles. The van der Waals surface area contributed by atoms with Gasteiger partial charge in [-0.25, -0.2) is 0 Å². The molecule has 0 saturated carbocycles. The summed E-state index contributed by atoms with van der Waals surface area (Å²) in [5, 5.41) is 12.6. The Morgan fingerprint density at radius 2 is 1.76 bits per heavy atom. The molecule has 0 aliphatic rings. The molecule has 6 heteroatoms. The highest BCUT2D eigenvalue weighted by molar-refractivity contribution is 5.74. The Labute approximate surface area is 120 Å². The van der Waals surface area contributed by atoms with Gasteiger partial charge >= 0.3 is 6.18 Å². The van der Waals surface area contributed by atoms with Crippen LogP contribution in [0.3, 0.4) is 0 Å². The van der Waals surface area contributed by atoms with Gasteiger partial charge in [0.05, 0.1) is 23.0 Å². The second-order valence-corrected chi connectivity index (χ2v) is 4.69. The van der Waals surface area contributed by atoms with Crippen LogP contribution in [0, 0.1) is 0 Å². The minimum Gasteiger partial charge on any atom is -0.397 e. The molecular formula is C15H15F3N2O. The van der Waals surface area contributed by atoms with E-state index >= 15 is 0 Å². The number of anilines is 3. The van der Waals surface area contributed by atoms with E-state index in [1.165, 1.54) is 6.07 Å². The van der Waals surface area contributed by atoms with E-state index in [1.807, 2.05) is 0 Å². The van der Waals surface area contributed by atoms with Crippen LogP contribution in [0.1, 0.15) is 24.2 Å². The fraction of sp³-hybridized carbons (Fsp3) is 0.200. The Hall–Kier alpha value is -2.21. The molecule has 0 spiro atoms. The van der Waals surface area contributed by atoms with E-state index in [4.69, 9.17) is 5.73 Å². The van der Waals surface area contributed by atoms with Gasteiger partial charge < -0.3 is 16.2 Å². The van der Waals surface area contributed by atoms with Crippen LogP contribution < -0.4 is 11.1 Å². The number of halogens is 3. The first-order valence-electron chi connectivity index (χ1n) is 6.30. The van der Waals surface area contributed by atoms with Crippen LogP contribution in [-0.4, -0.2) is 5.11 Å². The molecular weight excluding hydrogens is 281 g/mol. The van der Waals surface area contributed by atoms with E-state index in [1.54, 1.807) is 31.2 Å². The van der Waals surface area contributed by atoms with E-state index in [2.05, 4.69) is 5.32 Å². The fourth-order valence-electron chi connectivity index (χ4n) is 1.97. The number of hydrogen-bond donors (Lipinski definition) is 3. The average Bonchev–Trinajstić information content (AvgIpc) is 2.40. The summed E-state index contributed by atoms with van der Waals surface area (Å²) in [5.41, 5.74) is 6.45. The van der Waals surface area contributed by atoms with Crippen molar-refractivity contribution in [2.75, 3.05) is 11.1 Å². The van der Waals surface area contributed by atoms with Gasteiger partial charge in [-0.2, -0.15) is 13.2 Å². The fourth-order valence-corrected chi connectivity index (χ4v) is 1.97. The van der Waals surface area contributed by atoms with Crippen molar-refractivity contribution >= 4 is 17.1 Å². The van der Waals surface area contributed by atoms with E-state index < -0.39 is 17.8 Å². The molecule has 0 amide bonds. The topological polar surface area (TPSA) is 58.3 Å². The SMILES string of the molecule is CC(O)c1ccccc1Nc1ccc(C(F)(F)F)cc1N. The predicted octanol–water partition coefficient (Wildman–Crippen LogP) is 4.08. The molecule has 0 radical (unpaired) electrons. The summed E-state index contributed by atoms with van der Waals surface area (Å²) in [6, 6.07) is 10.1. The molecule has 0 aliphatic carbocycles. The molecule has 0 aliphatic heterocycles. The highest BCUT2D eigenvalue weighted by Gasteiger charge is 2.30. The number of nitrogens with two attached hydrogens (primary N) is 1. The van der Waals surface area contributed by atoms with Crippen molar-refractivity contribution in [1.29, 1.82) is 0 Å². The van der Waals surface area contributed by atoms with Crippen LogP contribution in [0.4, 0.5) is 30.2 Å². The van der Waals surface area contributed by atoms with Crippen molar-refractivity contribution in [3.63, 3.8) is 0 Å². The first kappa shape index (κ1) is 15.2. The predicted molar refractivity (Wildman–Crippen MR) is 76.2 cm³/mol.